The first-order chi connectivity index (χ1) is 19.2. The van der Waals surface area contributed by atoms with Crippen LogP contribution >= 0.6 is 0 Å². The molecule has 40 heavy (non-hydrogen) atoms. The van der Waals surface area contributed by atoms with E-state index < -0.39 is 0 Å². The van der Waals surface area contributed by atoms with E-state index in [-0.39, 0.29) is 23.6 Å². The molecule has 0 bridgehead atoms. The fourth-order valence-electron chi connectivity index (χ4n) is 6.62. The van der Waals surface area contributed by atoms with Crippen LogP contribution in [-0.4, -0.2) is 135 Å². The van der Waals surface area contributed by atoms with Gasteiger partial charge in [0.2, 0.25) is 0 Å². The monoisotopic (exact) mass is 550 g/mol. The number of ether oxygens (including phenoxy) is 2. The van der Waals surface area contributed by atoms with Gasteiger partial charge in [-0.1, -0.05) is 0 Å². The molecule has 0 saturated carbocycles. The van der Waals surface area contributed by atoms with Crippen molar-refractivity contribution in [3.05, 3.63) is 46.5 Å². The van der Waals surface area contributed by atoms with E-state index in [1.165, 1.54) is 9.80 Å². The molecule has 4 aliphatic heterocycles. The van der Waals surface area contributed by atoms with E-state index in [1.54, 1.807) is 24.3 Å². The van der Waals surface area contributed by atoms with Crippen molar-refractivity contribution in [1.82, 2.24) is 9.80 Å². The Kier molecular flexibility index (Phi) is 6.98. The molecule has 6 rings (SSSR count). The van der Waals surface area contributed by atoms with Crippen LogP contribution in [0, 0.1) is 0 Å². The summed E-state index contributed by atoms with van der Waals surface area (Å²) in [4.78, 5) is 56.8. The van der Waals surface area contributed by atoms with E-state index in [2.05, 4.69) is 14.1 Å². The van der Waals surface area contributed by atoms with Gasteiger partial charge in [0.1, 0.15) is 26.2 Å². The molecule has 10 nitrogen and oxygen atoms in total. The Bertz CT molecular complexity index is 1220. The molecule has 2 aromatic rings. The third-order valence-electron chi connectivity index (χ3n) is 9.32. The summed E-state index contributed by atoms with van der Waals surface area (Å²) in [6.07, 6.45) is 1.39. The topological polar surface area (TPSA) is 93.2 Å². The van der Waals surface area contributed by atoms with Crippen LogP contribution in [-0.2, 0) is 9.47 Å². The first-order valence-electron chi connectivity index (χ1n) is 14.4. The van der Waals surface area contributed by atoms with Crippen LogP contribution in [0.5, 0.6) is 0 Å². The quantitative estimate of drug-likeness (QED) is 0.368. The summed E-state index contributed by atoms with van der Waals surface area (Å²) in [5, 5.41) is 0.863. The lowest BCUT2D eigenvalue weighted by molar-refractivity contribution is -0.917. The highest BCUT2D eigenvalue weighted by molar-refractivity contribution is 6.33. The van der Waals surface area contributed by atoms with Gasteiger partial charge in [0.15, 0.2) is 0 Å². The summed E-state index contributed by atoms with van der Waals surface area (Å²) in [7, 11) is 4.36. The number of likely N-dealkylation sites (N-methyl/N-ethyl adjacent to an activating group) is 2. The molecular weight excluding hydrogens is 512 g/mol. The summed E-state index contributed by atoms with van der Waals surface area (Å²) >= 11 is 0. The van der Waals surface area contributed by atoms with Crippen LogP contribution < -0.4 is 0 Å². The van der Waals surface area contributed by atoms with E-state index in [4.69, 9.17) is 9.47 Å². The smallest absolute Gasteiger partial charge is 0.261 e. The third-order valence-corrected chi connectivity index (χ3v) is 9.32. The molecule has 0 atom stereocenters. The van der Waals surface area contributed by atoms with E-state index in [9.17, 15) is 19.2 Å². The number of quaternary nitrogens is 2. The lowest BCUT2D eigenvalue weighted by Gasteiger charge is -2.38. The van der Waals surface area contributed by atoms with E-state index in [0.717, 1.165) is 74.7 Å². The number of benzene rings is 2. The minimum atomic E-state index is -0.365. The maximum Gasteiger partial charge on any atom is 0.261 e. The number of hydrogen-bond donors (Lipinski definition) is 0. The number of carbonyl (C=O) groups is 4. The molecule has 0 N–H and O–H groups in total. The highest BCUT2D eigenvalue weighted by Crippen LogP contribution is 2.38. The van der Waals surface area contributed by atoms with Gasteiger partial charge in [0.05, 0.1) is 53.6 Å². The Morgan fingerprint density at radius 3 is 1.18 bits per heavy atom. The van der Waals surface area contributed by atoms with Gasteiger partial charge in [-0.15, -0.1) is 0 Å². The molecule has 0 spiro atoms. The van der Waals surface area contributed by atoms with Gasteiger partial charge < -0.3 is 18.4 Å². The Hall–Kier alpha value is -3.18. The van der Waals surface area contributed by atoms with Gasteiger partial charge >= 0.3 is 0 Å². The zero-order valence-electron chi connectivity index (χ0n) is 23.4. The zero-order valence-corrected chi connectivity index (χ0v) is 23.4. The van der Waals surface area contributed by atoms with E-state index in [1.807, 2.05) is 0 Å². The Labute approximate surface area is 234 Å². The highest BCUT2D eigenvalue weighted by atomic mass is 16.5. The van der Waals surface area contributed by atoms with Crippen LogP contribution in [0.3, 0.4) is 0 Å². The number of rotatable bonds is 8. The first kappa shape index (κ1) is 27.0. The van der Waals surface area contributed by atoms with Crippen molar-refractivity contribution >= 4 is 34.4 Å². The standard InChI is InChI=1S/C30H38N4O6/c1-33(13-17-39-18-14-33)11-3-9-31-27(35)21-5-7-23-26-24(8-6-22(25(21)26)28(31)36)30(38)32(29(23)37)10-4-12-34(2)15-19-40-20-16-34/h5-8H,3-4,9-20H2,1-2H3/q+2. The van der Waals surface area contributed by atoms with Gasteiger partial charge in [0.25, 0.3) is 23.6 Å². The molecule has 4 amide bonds. The molecule has 2 aromatic carbocycles. The van der Waals surface area contributed by atoms with E-state index in [0.29, 0.717) is 59.0 Å². The second-order valence-electron chi connectivity index (χ2n) is 12.1. The molecule has 0 aromatic heterocycles. The summed E-state index contributed by atoms with van der Waals surface area (Å²) in [6.45, 7) is 8.92. The maximum absolute atomic E-state index is 13.5. The van der Waals surface area contributed by atoms with Crippen LogP contribution in [0.4, 0.5) is 0 Å². The molecular formula is C30H38N4O6+2. The molecule has 2 saturated heterocycles. The predicted octanol–water partition coefficient (Wildman–Crippen LogP) is 1.77. The van der Waals surface area contributed by atoms with Crippen LogP contribution in [0.25, 0.3) is 10.8 Å². The highest BCUT2D eigenvalue weighted by Gasteiger charge is 2.40. The molecule has 10 heteroatoms. The second-order valence-corrected chi connectivity index (χ2v) is 12.1. The normalized spacial score (nSPS) is 21.9. The van der Waals surface area contributed by atoms with Gasteiger partial charge in [-0.3, -0.25) is 29.0 Å². The minimum Gasteiger partial charge on any atom is -0.370 e. The Balaban J connectivity index is 1.22. The van der Waals surface area contributed by atoms with Crippen LogP contribution in [0.1, 0.15) is 54.3 Å². The summed E-state index contributed by atoms with van der Waals surface area (Å²) in [6, 6.07) is 6.59. The minimum absolute atomic E-state index is 0.325. The summed E-state index contributed by atoms with van der Waals surface area (Å²) in [5.41, 5.74) is 1.50. The molecule has 0 radical (unpaired) electrons. The SMILES string of the molecule is C[N+]1(CCCN2C(=O)c3ccc4c5c(ccc(c35)C2=O)C(=O)N(CCC[N+]2(C)CCOCC2)C4=O)CCOCC1. The van der Waals surface area contributed by atoms with E-state index >= 15 is 0 Å². The van der Waals surface area contributed by atoms with Crippen molar-refractivity contribution in [2.45, 2.75) is 12.8 Å². The number of hydrogen-bond acceptors (Lipinski definition) is 6. The van der Waals surface area contributed by atoms with Gasteiger partial charge in [-0.25, -0.2) is 0 Å². The molecule has 212 valence electrons. The van der Waals surface area contributed by atoms with Crippen molar-refractivity contribution in [3.63, 3.8) is 0 Å². The molecule has 4 aliphatic rings. The lowest BCUT2D eigenvalue weighted by Crippen LogP contribution is -2.53. The first-order valence-corrected chi connectivity index (χ1v) is 14.4. The Morgan fingerprint density at radius 2 is 0.875 bits per heavy atom. The van der Waals surface area contributed by atoms with Crippen LogP contribution in [0.15, 0.2) is 24.3 Å². The van der Waals surface area contributed by atoms with Crippen molar-refractivity contribution in [2.24, 2.45) is 0 Å². The number of carbonyl (C=O) groups excluding carboxylic acids is 4. The average molecular weight is 551 g/mol. The predicted molar refractivity (Wildman–Crippen MR) is 147 cm³/mol. The third kappa shape index (κ3) is 4.62. The van der Waals surface area contributed by atoms with Crippen molar-refractivity contribution in [1.29, 1.82) is 0 Å². The van der Waals surface area contributed by atoms with Gasteiger partial charge in [0, 0.05) is 59.0 Å². The molecule has 0 unspecified atom stereocenters. The number of imide groups is 2. The van der Waals surface area contributed by atoms with Crippen molar-refractivity contribution in [3.8, 4) is 0 Å². The summed E-state index contributed by atoms with van der Waals surface area (Å²) < 4.78 is 12.7. The van der Waals surface area contributed by atoms with Crippen molar-refractivity contribution < 1.29 is 37.6 Å². The average Bonchev–Trinajstić information content (AvgIpc) is 2.95. The lowest BCUT2D eigenvalue weighted by atomic mass is 9.86. The fourth-order valence-corrected chi connectivity index (χ4v) is 6.62. The largest absolute Gasteiger partial charge is 0.370 e. The van der Waals surface area contributed by atoms with Crippen molar-refractivity contribution in [2.75, 3.05) is 92.9 Å². The number of nitrogens with zero attached hydrogens (tertiary/aromatic N) is 4. The van der Waals surface area contributed by atoms with Gasteiger partial charge in [-0.2, -0.15) is 0 Å². The summed E-state index contributed by atoms with van der Waals surface area (Å²) in [5.74, 6) is -1.46. The molecule has 4 heterocycles. The number of morpholine rings is 2. The fraction of sp³-hybridized carbons (Fsp3) is 0.533. The zero-order chi connectivity index (χ0) is 28.1. The Morgan fingerprint density at radius 1 is 0.575 bits per heavy atom. The number of amides is 4. The molecule has 0 aliphatic carbocycles. The van der Waals surface area contributed by atoms with Crippen LogP contribution in [0.2, 0.25) is 0 Å². The molecule has 2 fully saturated rings. The van der Waals surface area contributed by atoms with Gasteiger partial charge in [-0.05, 0) is 24.3 Å². The second kappa shape index (κ2) is 10.3. The maximum atomic E-state index is 13.5.